The van der Waals surface area contributed by atoms with E-state index in [0.29, 0.717) is 13.0 Å². The number of hydrogen-bond donors (Lipinski definition) is 2. The molecular weight excluding hydrogens is 276 g/mol. The third-order valence-electron chi connectivity index (χ3n) is 3.25. The molecule has 0 saturated carbocycles. The number of nitrogens with zero attached hydrogens (tertiary/aromatic N) is 1. The SMILES string of the molecule is O=C(O)NC(=O)C1CCN(C(=O)OCc2ccccc2)C1. The van der Waals surface area contributed by atoms with Crippen molar-refractivity contribution in [3.63, 3.8) is 0 Å². The molecule has 0 bridgehead atoms. The minimum Gasteiger partial charge on any atom is -0.465 e. The van der Waals surface area contributed by atoms with Gasteiger partial charge in [-0.15, -0.1) is 0 Å². The van der Waals surface area contributed by atoms with Crippen molar-refractivity contribution in [1.29, 1.82) is 0 Å². The molecule has 1 saturated heterocycles. The quantitative estimate of drug-likeness (QED) is 0.878. The highest BCUT2D eigenvalue weighted by Crippen LogP contribution is 2.17. The highest BCUT2D eigenvalue weighted by molar-refractivity contribution is 5.92. The van der Waals surface area contributed by atoms with Gasteiger partial charge in [-0.1, -0.05) is 30.3 Å². The summed E-state index contributed by atoms with van der Waals surface area (Å²) in [5.41, 5.74) is 0.880. The second-order valence-electron chi connectivity index (χ2n) is 4.77. The van der Waals surface area contributed by atoms with Crippen molar-refractivity contribution in [3.05, 3.63) is 35.9 Å². The Morgan fingerprint density at radius 1 is 1.29 bits per heavy atom. The van der Waals surface area contributed by atoms with E-state index in [2.05, 4.69) is 0 Å². The highest BCUT2D eigenvalue weighted by atomic mass is 16.6. The maximum Gasteiger partial charge on any atom is 0.411 e. The number of imide groups is 1. The molecule has 2 rings (SSSR count). The van der Waals surface area contributed by atoms with Gasteiger partial charge in [-0.05, 0) is 12.0 Å². The molecule has 1 heterocycles. The van der Waals surface area contributed by atoms with Crippen molar-refractivity contribution >= 4 is 18.1 Å². The fourth-order valence-electron chi connectivity index (χ4n) is 2.16. The molecule has 7 nitrogen and oxygen atoms in total. The third kappa shape index (κ3) is 4.20. The van der Waals surface area contributed by atoms with E-state index in [1.165, 1.54) is 4.90 Å². The summed E-state index contributed by atoms with van der Waals surface area (Å²) >= 11 is 0. The Bertz CT molecular complexity index is 531. The highest BCUT2D eigenvalue weighted by Gasteiger charge is 2.32. The maximum atomic E-state index is 11.9. The van der Waals surface area contributed by atoms with E-state index in [1.54, 1.807) is 5.32 Å². The van der Waals surface area contributed by atoms with Gasteiger partial charge in [-0.3, -0.25) is 10.1 Å². The van der Waals surface area contributed by atoms with Gasteiger partial charge in [0, 0.05) is 13.1 Å². The molecule has 1 atom stereocenters. The molecule has 1 fully saturated rings. The standard InChI is InChI=1S/C14H16N2O5/c17-12(15-13(18)19)11-6-7-16(8-11)14(20)21-9-10-4-2-1-3-5-10/h1-5,11H,6-9H2,(H,15,17)(H,18,19). The van der Waals surface area contributed by atoms with Gasteiger partial charge in [0.2, 0.25) is 5.91 Å². The fourth-order valence-corrected chi connectivity index (χ4v) is 2.16. The minimum absolute atomic E-state index is 0.169. The monoisotopic (exact) mass is 292 g/mol. The number of rotatable bonds is 3. The lowest BCUT2D eigenvalue weighted by Crippen LogP contribution is -2.37. The Kier molecular flexibility index (Phi) is 4.76. The number of carboxylic acid groups (broad SMARTS) is 1. The fraction of sp³-hybridized carbons (Fsp3) is 0.357. The predicted molar refractivity (Wildman–Crippen MR) is 72.5 cm³/mol. The molecule has 0 aliphatic carbocycles. The van der Waals surface area contributed by atoms with Crippen LogP contribution in [0.3, 0.4) is 0 Å². The number of nitrogens with one attached hydrogen (secondary N) is 1. The Morgan fingerprint density at radius 2 is 2.00 bits per heavy atom. The van der Waals surface area contributed by atoms with Gasteiger partial charge in [0.1, 0.15) is 6.61 Å². The van der Waals surface area contributed by atoms with Crippen LogP contribution in [-0.4, -0.2) is 41.2 Å². The van der Waals surface area contributed by atoms with E-state index < -0.39 is 24.0 Å². The number of likely N-dealkylation sites (tertiary alicyclic amines) is 1. The van der Waals surface area contributed by atoms with E-state index in [0.717, 1.165) is 5.56 Å². The molecule has 21 heavy (non-hydrogen) atoms. The normalized spacial score (nSPS) is 17.3. The Labute approximate surface area is 121 Å². The first-order valence-electron chi connectivity index (χ1n) is 6.55. The van der Waals surface area contributed by atoms with Crippen molar-refractivity contribution in [2.45, 2.75) is 13.0 Å². The summed E-state index contributed by atoms with van der Waals surface area (Å²) in [4.78, 5) is 35.2. The number of benzene rings is 1. The van der Waals surface area contributed by atoms with Crippen molar-refractivity contribution in [1.82, 2.24) is 10.2 Å². The maximum absolute atomic E-state index is 11.9. The van der Waals surface area contributed by atoms with Crippen LogP contribution in [0.5, 0.6) is 0 Å². The number of hydrogen-bond acceptors (Lipinski definition) is 4. The van der Waals surface area contributed by atoms with Gasteiger partial charge in [0.15, 0.2) is 0 Å². The van der Waals surface area contributed by atoms with Crippen LogP contribution in [-0.2, 0) is 16.1 Å². The zero-order valence-electron chi connectivity index (χ0n) is 11.3. The zero-order valence-corrected chi connectivity index (χ0v) is 11.3. The van der Waals surface area contributed by atoms with Crippen LogP contribution in [0.4, 0.5) is 9.59 Å². The topological polar surface area (TPSA) is 95.9 Å². The zero-order chi connectivity index (χ0) is 15.2. The molecule has 1 aromatic carbocycles. The van der Waals surface area contributed by atoms with E-state index >= 15 is 0 Å². The summed E-state index contributed by atoms with van der Waals surface area (Å²) in [6, 6.07) is 9.27. The van der Waals surface area contributed by atoms with Crippen molar-refractivity contribution in [2.24, 2.45) is 5.92 Å². The van der Waals surface area contributed by atoms with Crippen molar-refractivity contribution < 1.29 is 24.2 Å². The third-order valence-corrected chi connectivity index (χ3v) is 3.25. The van der Waals surface area contributed by atoms with Gasteiger partial charge in [0.05, 0.1) is 5.92 Å². The lowest BCUT2D eigenvalue weighted by molar-refractivity contribution is -0.123. The summed E-state index contributed by atoms with van der Waals surface area (Å²) < 4.78 is 5.16. The molecule has 1 aliphatic rings. The Morgan fingerprint density at radius 3 is 2.67 bits per heavy atom. The average Bonchev–Trinajstić information content (AvgIpc) is 2.95. The average molecular weight is 292 g/mol. The van der Waals surface area contributed by atoms with Crippen LogP contribution < -0.4 is 5.32 Å². The second kappa shape index (κ2) is 6.74. The van der Waals surface area contributed by atoms with Gasteiger partial charge >= 0.3 is 12.2 Å². The first kappa shape index (κ1) is 14.8. The van der Waals surface area contributed by atoms with Crippen molar-refractivity contribution in [3.8, 4) is 0 Å². The second-order valence-corrected chi connectivity index (χ2v) is 4.77. The van der Waals surface area contributed by atoms with Crippen molar-refractivity contribution in [2.75, 3.05) is 13.1 Å². The summed E-state index contributed by atoms with van der Waals surface area (Å²) in [5, 5.41) is 10.3. The Balaban J connectivity index is 1.79. The lowest BCUT2D eigenvalue weighted by atomic mass is 10.1. The molecule has 112 valence electrons. The van der Waals surface area contributed by atoms with Crippen LogP contribution in [0.15, 0.2) is 30.3 Å². The first-order valence-corrected chi connectivity index (χ1v) is 6.55. The van der Waals surface area contributed by atoms with Gasteiger partial charge in [-0.2, -0.15) is 0 Å². The molecule has 0 radical (unpaired) electrons. The Hall–Kier alpha value is -2.57. The molecule has 0 aromatic heterocycles. The van der Waals surface area contributed by atoms with Crippen LogP contribution >= 0.6 is 0 Å². The molecular formula is C14H16N2O5. The summed E-state index contributed by atoms with van der Waals surface area (Å²) in [6.07, 6.45) is -1.45. The molecule has 2 N–H and O–H groups in total. The predicted octanol–water partition coefficient (Wildman–Crippen LogP) is 1.44. The molecule has 3 amide bonds. The number of amides is 3. The van der Waals surface area contributed by atoms with E-state index in [-0.39, 0.29) is 13.2 Å². The summed E-state index contributed by atoms with van der Waals surface area (Å²) in [7, 11) is 0. The molecule has 1 aromatic rings. The van der Waals surface area contributed by atoms with Gasteiger partial charge in [-0.25, -0.2) is 9.59 Å². The largest absolute Gasteiger partial charge is 0.465 e. The molecule has 0 spiro atoms. The number of carbonyl (C=O) groups excluding carboxylic acids is 2. The van der Waals surface area contributed by atoms with Crippen LogP contribution in [0.25, 0.3) is 0 Å². The smallest absolute Gasteiger partial charge is 0.411 e. The van der Waals surface area contributed by atoms with E-state index in [9.17, 15) is 14.4 Å². The minimum atomic E-state index is -1.38. The first-order chi connectivity index (χ1) is 10.1. The van der Waals surface area contributed by atoms with E-state index in [1.807, 2.05) is 30.3 Å². The number of ether oxygens (including phenoxy) is 1. The number of carbonyl (C=O) groups is 3. The van der Waals surface area contributed by atoms with Crippen LogP contribution in [0.1, 0.15) is 12.0 Å². The summed E-state index contributed by atoms with van der Waals surface area (Å²) in [5.74, 6) is -1.09. The molecule has 7 heteroatoms. The van der Waals surface area contributed by atoms with Gasteiger partial charge < -0.3 is 14.7 Å². The molecule has 1 unspecified atom stereocenters. The van der Waals surface area contributed by atoms with E-state index in [4.69, 9.17) is 9.84 Å². The van der Waals surface area contributed by atoms with Crippen LogP contribution in [0, 0.1) is 5.92 Å². The molecule has 1 aliphatic heterocycles. The van der Waals surface area contributed by atoms with Crippen LogP contribution in [0.2, 0.25) is 0 Å². The van der Waals surface area contributed by atoms with Gasteiger partial charge in [0.25, 0.3) is 0 Å². The summed E-state index contributed by atoms with van der Waals surface area (Å²) in [6.45, 7) is 0.722. The lowest BCUT2D eigenvalue weighted by Gasteiger charge is -2.16.